The lowest BCUT2D eigenvalue weighted by atomic mass is 10.1. The Morgan fingerprint density at radius 2 is 1.95 bits per heavy atom. The number of nitrogens with one attached hydrogen (secondary N) is 1. The molecule has 5 heteroatoms. The van der Waals surface area contributed by atoms with Crippen LogP contribution in [0.3, 0.4) is 0 Å². The molecular weight excluding hydrogens is 284 g/mol. The number of benzene rings is 1. The fourth-order valence-electron chi connectivity index (χ4n) is 2.25. The summed E-state index contributed by atoms with van der Waals surface area (Å²) < 4.78 is 26.2. The molecule has 2 rings (SSSR count). The van der Waals surface area contributed by atoms with E-state index in [2.05, 4.69) is 19.2 Å². The van der Waals surface area contributed by atoms with E-state index in [0.717, 1.165) is 30.5 Å². The molecule has 0 atom stereocenters. The van der Waals surface area contributed by atoms with Crippen molar-refractivity contribution in [2.24, 2.45) is 5.92 Å². The third-order valence-corrected chi connectivity index (χ3v) is 5.54. The third-order valence-electron chi connectivity index (χ3n) is 3.74. The smallest absolute Gasteiger partial charge is 0.218 e. The van der Waals surface area contributed by atoms with E-state index in [1.807, 2.05) is 24.3 Å². The van der Waals surface area contributed by atoms with Crippen molar-refractivity contribution in [1.29, 1.82) is 0 Å². The van der Waals surface area contributed by atoms with E-state index in [1.54, 1.807) is 7.05 Å². The van der Waals surface area contributed by atoms with Crippen molar-refractivity contribution >= 4 is 10.0 Å². The molecule has 0 radical (unpaired) electrons. The van der Waals surface area contributed by atoms with Gasteiger partial charge in [-0.3, -0.25) is 0 Å². The minimum absolute atomic E-state index is 0.0890. The Balaban J connectivity index is 1.99. The maximum Gasteiger partial charge on any atom is 0.218 e. The molecular formula is C16H26N2O2S. The maximum absolute atomic E-state index is 12.4. The van der Waals surface area contributed by atoms with Crippen LogP contribution in [0.1, 0.15) is 37.8 Å². The molecule has 118 valence electrons. The van der Waals surface area contributed by atoms with E-state index in [0.29, 0.717) is 18.5 Å². The van der Waals surface area contributed by atoms with E-state index >= 15 is 0 Å². The second-order valence-electron chi connectivity index (χ2n) is 6.34. The SMILES string of the molecule is CC(C)NCc1cccc(CS(=O)(=O)N(C)CC2CC2)c1. The average molecular weight is 310 g/mol. The van der Waals surface area contributed by atoms with Crippen LogP contribution in [0.15, 0.2) is 24.3 Å². The zero-order chi connectivity index (χ0) is 15.5. The fraction of sp³-hybridized carbons (Fsp3) is 0.625. The second kappa shape index (κ2) is 6.90. The van der Waals surface area contributed by atoms with Crippen LogP contribution in [-0.4, -0.2) is 32.4 Å². The quantitative estimate of drug-likeness (QED) is 0.802. The molecule has 0 saturated heterocycles. The fourth-order valence-corrected chi connectivity index (χ4v) is 3.51. The van der Waals surface area contributed by atoms with Crippen LogP contribution in [0, 0.1) is 5.92 Å². The Hall–Kier alpha value is -0.910. The van der Waals surface area contributed by atoms with Gasteiger partial charge in [0.15, 0.2) is 0 Å². The van der Waals surface area contributed by atoms with Gasteiger partial charge in [-0.2, -0.15) is 0 Å². The molecule has 0 unspecified atom stereocenters. The van der Waals surface area contributed by atoms with Crippen molar-refractivity contribution in [1.82, 2.24) is 9.62 Å². The van der Waals surface area contributed by atoms with Gasteiger partial charge in [0.2, 0.25) is 10.0 Å². The highest BCUT2D eigenvalue weighted by Gasteiger charge is 2.28. The van der Waals surface area contributed by atoms with Crippen molar-refractivity contribution in [3.8, 4) is 0 Å². The van der Waals surface area contributed by atoms with Gasteiger partial charge >= 0.3 is 0 Å². The largest absolute Gasteiger partial charge is 0.310 e. The van der Waals surface area contributed by atoms with Crippen LogP contribution in [-0.2, 0) is 22.3 Å². The van der Waals surface area contributed by atoms with E-state index in [-0.39, 0.29) is 5.75 Å². The lowest BCUT2D eigenvalue weighted by molar-refractivity contribution is 0.452. The molecule has 1 fully saturated rings. The predicted octanol–water partition coefficient (Wildman–Crippen LogP) is 2.36. The summed E-state index contributed by atoms with van der Waals surface area (Å²) in [6.07, 6.45) is 2.33. The molecule has 1 saturated carbocycles. The zero-order valence-corrected chi connectivity index (χ0v) is 14.0. The molecule has 0 bridgehead atoms. The molecule has 0 amide bonds. The van der Waals surface area contributed by atoms with Crippen LogP contribution in [0.4, 0.5) is 0 Å². The lowest BCUT2D eigenvalue weighted by Crippen LogP contribution is -2.30. The first-order chi connectivity index (χ1) is 9.87. The van der Waals surface area contributed by atoms with E-state index < -0.39 is 10.0 Å². The van der Waals surface area contributed by atoms with Gasteiger partial charge in [0.05, 0.1) is 5.75 Å². The Morgan fingerprint density at radius 3 is 2.57 bits per heavy atom. The summed E-state index contributed by atoms with van der Waals surface area (Å²) in [6, 6.07) is 8.25. The average Bonchev–Trinajstić information content (AvgIpc) is 3.20. The molecule has 0 spiro atoms. The highest BCUT2D eigenvalue weighted by atomic mass is 32.2. The predicted molar refractivity (Wildman–Crippen MR) is 86.4 cm³/mol. The summed E-state index contributed by atoms with van der Waals surface area (Å²) in [7, 11) is -1.51. The molecule has 1 N–H and O–H groups in total. The summed E-state index contributed by atoms with van der Waals surface area (Å²) in [5, 5.41) is 3.35. The Labute approximate surface area is 128 Å². The molecule has 0 aromatic heterocycles. The van der Waals surface area contributed by atoms with Crippen molar-refractivity contribution in [2.45, 2.75) is 45.0 Å². The highest BCUT2D eigenvalue weighted by Crippen LogP contribution is 2.30. The molecule has 21 heavy (non-hydrogen) atoms. The first-order valence-corrected chi connectivity index (χ1v) is 9.23. The number of sulfonamides is 1. The van der Waals surface area contributed by atoms with E-state index in [9.17, 15) is 8.42 Å². The van der Waals surface area contributed by atoms with Crippen LogP contribution >= 0.6 is 0 Å². The number of rotatable bonds is 8. The molecule has 1 aromatic rings. The maximum atomic E-state index is 12.4. The van der Waals surface area contributed by atoms with Crippen molar-refractivity contribution in [2.75, 3.05) is 13.6 Å². The zero-order valence-electron chi connectivity index (χ0n) is 13.2. The molecule has 0 heterocycles. The van der Waals surface area contributed by atoms with Gasteiger partial charge < -0.3 is 5.32 Å². The summed E-state index contributed by atoms with van der Waals surface area (Å²) in [6.45, 7) is 5.63. The van der Waals surface area contributed by atoms with Crippen LogP contribution in [0.5, 0.6) is 0 Å². The van der Waals surface area contributed by atoms with Crippen molar-refractivity contribution < 1.29 is 8.42 Å². The molecule has 1 aliphatic rings. The summed E-state index contributed by atoms with van der Waals surface area (Å²) in [5.41, 5.74) is 1.99. The van der Waals surface area contributed by atoms with E-state index in [4.69, 9.17) is 0 Å². The first kappa shape index (κ1) is 16.5. The standard InChI is InChI=1S/C16H26N2O2S/c1-13(2)17-10-15-5-4-6-16(9-15)12-21(19,20)18(3)11-14-7-8-14/h4-6,9,13-14,17H,7-8,10-12H2,1-3H3. The van der Waals surface area contributed by atoms with Crippen LogP contribution in [0.25, 0.3) is 0 Å². The first-order valence-electron chi connectivity index (χ1n) is 7.62. The van der Waals surface area contributed by atoms with Gasteiger partial charge in [-0.05, 0) is 29.9 Å². The van der Waals surface area contributed by atoms with Gasteiger partial charge in [-0.25, -0.2) is 12.7 Å². The number of hydrogen-bond acceptors (Lipinski definition) is 3. The summed E-state index contributed by atoms with van der Waals surface area (Å²) in [5.74, 6) is 0.664. The van der Waals surface area contributed by atoms with Gasteiger partial charge in [-0.15, -0.1) is 0 Å². The van der Waals surface area contributed by atoms with Gasteiger partial charge in [0, 0.05) is 26.2 Å². The monoisotopic (exact) mass is 310 g/mol. The topological polar surface area (TPSA) is 49.4 Å². The summed E-state index contributed by atoms with van der Waals surface area (Å²) in [4.78, 5) is 0. The molecule has 0 aliphatic heterocycles. The van der Waals surface area contributed by atoms with Crippen LogP contribution < -0.4 is 5.32 Å². The van der Waals surface area contributed by atoms with Crippen molar-refractivity contribution in [3.05, 3.63) is 35.4 Å². The normalized spacial score (nSPS) is 15.9. The summed E-state index contributed by atoms with van der Waals surface area (Å²) >= 11 is 0. The Bertz CT molecular complexity index is 565. The third kappa shape index (κ3) is 5.41. The highest BCUT2D eigenvalue weighted by molar-refractivity contribution is 7.88. The lowest BCUT2D eigenvalue weighted by Gasteiger charge is -2.17. The van der Waals surface area contributed by atoms with E-state index in [1.165, 1.54) is 4.31 Å². The Morgan fingerprint density at radius 1 is 1.29 bits per heavy atom. The number of nitrogens with zero attached hydrogens (tertiary/aromatic N) is 1. The van der Waals surface area contributed by atoms with Crippen molar-refractivity contribution in [3.63, 3.8) is 0 Å². The second-order valence-corrected chi connectivity index (χ2v) is 8.41. The van der Waals surface area contributed by atoms with Gasteiger partial charge in [0.25, 0.3) is 0 Å². The van der Waals surface area contributed by atoms with Gasteiger partial charge in [0.1, 0.15) is 0 Å². The Kier molecular flexibility index (Phi) is 5.41. The number of hydrogen-bond donors (Lipinski definition) is 1. The minimum atomic E-state index is -3.20. The molecule has 1 aromatic carbocycles. The molecule has 4 nitrogen and oxygen atoms in total. The minimum Gasteiger partial charge on any atom is -0.310 e. The van der Waals surface area contributed by atoms with Crippen LogP contribution in [0.2, 0.25) is 0 Å². The molecule has 1 aliphatic carbocycles. The van der Waals surface area contributed by atoms with Gasteiger partial charge in [-0.1, -0.05) is 38.1 Å².